The second kappa shape index (κ2) is 5.87. The molecule has 0 spiro atoms. The summed E-state index contributed by atoms with van der Waals surface area (Å²) in [6, 6.07) is 7.70. The molecule has 0 radical (unpaired) electrons. The highest BCUT2D eigenvalue weighted by Crippen LogP contribution is 2.18. The van der Waals surface area contributed by atoms with Gasteiger partial charge in [-0.05, 0) is 30.7 Å². The number of nitrogens with two attached hydrogens (primary N) is 1. The lowest BCUT2D eigenvalue weighted by Crippen LogP contribution is -2.08. The minimum Gasteiger partial charge on any atom is -0.398 e. The maximum Gasteiger partial charge on any atom is 0.152 e. The molecular formula is C13H16N6. The van der Waals surface area contributed by atoms with E-state index in [0.717, 1.165) is 23.6 Å². The molecule has 6 nitrogen and oxygen atoms in total. The Labute approximate surface area is 111 Å². The van der Waals surface area contributed by atoms with E-state index in [1.807, 2.05) is 23.6 Å². The third-order valence-electron chi connectivity index (χ3n) is 2.90. The van der Waals surface area contributed by atoms with Crippen molar-refractivity contribution in [3.8, 4) is 6.07 Å². The minimum atomic E-state index is 0.312. The summed E-state index contributed by atoms with van der Waals surface area (Å²) in [5.41, 5.74) is 8.21. The predicted molar refractivity (Wildman–Crippen MR) is 73.2 cm³/mol. The molecule has 0 atom stereocenters. The van der Waals surface area contributed by atoms with Gasteiger partial charge in [-0.15, -0.1) is 10.2 Å². The Morgan fingerprint density at radius 1 is 1.47 bits per heavy atom. The van der Waals surface area contributed by atoms with Gasteiger partial charge >= 0.3 is 0 Å². The highest BCUT2D eigenvalue weighted by molar-refractivity contribution is 5.58. The zero-order chi connectivity index (χ0) is 13.7. The average molecular weight is 256 g/mol. The van der Waals surface area contributed by atoms with E-state index < -0.39 is 0 Å². The van der Waals surface area contributed by atoms with E-state index in [-0.39, 0.29) is 0 Å². The number of rotatable bonds is 5. The third kappa shape index (κ3) is 3.01. The molecule has 1 aromatic carbocycles. The van der Waals surface area contributed by atoms with Crippen LogP contribution in [0.1, 0.15) is 18.3 Å². The molecule has 6 heteroatoms. The second-order valence-corrected chi connectivity index (χ2v) is 4.14. The maximum atomic E-state index is 8.74. The lowest BCUT2D eigenvalue weighted by molar-refractivity contribution is 0.708. The van der Waals surface area contributed by atoms with E-state index >= 15 is 0 Å². The molecule has 0 unspecified atom stereocenters. The van der Waals surface area contributed by atoms with Crippen molar-refractivity contribution in [1.82, 2.24) is 14.8 Å². The molecule has 0 fully saturated rings. The maximum absolute atomic E-state index is 8.74. The van der Waals surface area contributed by atoms with Gasteiger partial charge in [-0.1, -0.05) is 0 Å². The van der Waals surface area contributed by atoms with Crippen LogP contribution in [0.15, 0.2) is 24.5 Å². The molecule has 0 aliphatic heterocycles. The van der Waals surface area contributed by atoms with Gasteiger partial charge in [0.15, 0.2) is 5.82 Å². The number of aromatic nitrogens is 3. The molecule has 0 saturated heterocycles. The van der Waals surface area contributed by atoms with Gasteiger partial charge in [0.2, 0.25) is 0 Å². The minimum absolute atomic E-state index is 0.312. The third-order valence-corrected chi connectivity index (χ3v) is 2.90. The molecule has 1 aromatic heterocycles. The fraction of sp³-hybridized carbons (Fsp3) is 0.308. The van der Waals surface area contributed by atoms with E-state index in [2.05, 4.69) is 21.6 Å². The number of nitriles is 1. The van der Waals surface area contributed by atoms with Crippen LogP contribution in [-0.4, -0.2) is 14.8 Å². The molecular weight excluding hydrogens is 240 g/mol. The number of aryl methyl sites for hydroxylation is 1. The molecule has 0 amide bonds. The number of nitrogens with one attached hydrogen (secondary N) is 1. The standard InChI is InChI=1S/C13H16N6/c1-2-19-9-17-18-13(19)8-16-11-3-4-12(15)10(7-11)5-6-14/h3-4,7,9,16H,2,5,8,15H2,1H3. The van der Waals surface area contributed by atoms with Crippen LogP contribution >= 0.6 is 0 Å². The average Bonchev–Trinajstić information content (AvgIpc) is 2.87. The van der Waals surface area contributed by atoms with Crippen molar-refractivity contribution in [3.63, 3.8) is 0 Å². The molecule has 2 rings (SSSR count). The lowest BCUT2D eigenvalue weighted by Gasteiger charge is -2.09. The van der Waals surface area contributed by atoms with Crippen LogP contribution < -0.4 is 11.1 Å². The Hall–Kier alpha value is -2.55. The molecule has 0 aliphatic carbocycles. The van der Waals surface area contributed by atoms with Crippen molar-refractivity contribution < 1.29 is 0 Å². The molecule has 3 N–H and O–H groups in total. The van der Waals surface area contributed by atoms with Crippen molar-refractivity contribution in [2.24, 2.45) is 0 Å². The smallest absolute Gasteiger partial charge is 0.152 e. The van der Waals surface area contributed by atoms with Crippen molar-refractivity contribution in [2.45, 2.75) is 26.4 Å². The van der Waals surface area contributed by atoms with E-state index in [1.165, 1.54) is 0 Å². The van der Waals surface area contributed by atoms with Crippen LogP contribution in [0, 0.1) is 11.3 Å². The highest BCUT2D eigenvalue weighted by atomic mass is 15.3. The van der Waals surface area contributed by atoms with Gasteiger partial charge in [0.05, 0.1) is 19.0 Å². The summed E-state index contributed by atoms with van der Waals surface area (Å²) in [4.78, 5) is 0. The number of hydrogen-bond acceptors (Lipinski definition) is 5. The zero-order valence-electron chi connectivity index (χ0n) is 10.8. The Kier molecular flexibility index (Phi) is 3.98. The summed E-state index contributed by atoms with van der Waals surface area (Å²) in [7, 11) is 0. The quantitative estimate of drug-likeness (QED) is 0.792. The zero-order valence-corrected chi connectivity index (χ0v) is 10.8. The fourth-order valence-corrected chi connectivity index (χ4v) is 1.82. The number of benzene rings is 1. The van der Waals surface area contributed by atoms with Gasteiger partial charge in [0.1, 0.15) is 6.33 Å². The monoisotopic (exact) mass is 256 g/mol. The summed E-state index contributed by atoms with van der Waals surface area (Å²) in [5, 5.41) is 19.9. The van der Waals surface area contributed by atoms with Crippen molar-refractivity contribution >= 4 is 11.4 Å². The van der Waals surface area contributed by atoms with Crippen LogP contribution in [0.2, 0.25) is 0 Å². The summed E-state index contributed by atoms with van der Waals surface area (Å²) >= 11 is 0. The molecule has 2 aromatic rings. The Morgan fingerprint density at radius 3 is 3.05 bits per heavy atom. The molecule has 1 heterocycles. The van der Waals surface area contributed by atoms with Gasteiger partial charge in [-0.2, -0.15) is 5.26 Å². The van der Waals surface area contributed by atoms with Gasteiger partial charge in [0, 0.05) is 17.9 Å². The largest absolute Gasteiger partial charge is 0.398 e. The van der Waals surface area contributed by atoms with Gasteiger partial charge in [0.25, 0.3) is 0 Å². The summed E-state index contributed by atoms with van der Waals surface area (Å²) in [6.45, 7) is 3.47. The number of hydrogen-bond donors (Lipinski definition) is 2. The van der Waals surface area contributed by atoms with Crippen LogP contribution in [0.3, 0.4) is 0 Å². The highest BCUT2D eigenvalue weighted by Gasteiger charge is 2.04. The van der Waals surface area contributed by atoms with Crippen LogP contribution in [0.25, 0.3) is 0 Å². The number of anilines is 2. The lowest BCUT2D eigenvalue weighted by atomic mass is 10.1. The van der Waals surface area contributed by atoms with E-state index in [9.17, 15) is 0 Å². The number of nitrogen functional groups attached to an aromatic ring is 1. The van der Waals surface area contributed by atoms with Gasteiger partial charge < -0.3 is 15.6 Å². The van der Waals surface area contributed by atoms with Crippen LogP contribution in [0.4, 0.5) is 11.4 Å². The summed E-state index contributed by atoms with van der Waals surface area (Å²) < 4.78 is 1.97. The van der Waals surface area contributed by atoms with Crippen molar-refractivity contribution in [1.29, 1.82) is 5.26 Å². The summed E-state index contributed by atoms with van der Waals surface area (Å²) in [6.07, 6.45) is 2.02. The fourth-order valence-electron chi connectivity index (χ4n) is 1.82. The molecule has 98 valence electrons. The second-order valence-electron chi connectivity index (χ2n) is 4.14. The van der Waals surface area contributed by atoms with Crippen LogP contribution in [-0.2, 0) is 19.5 Å². The Balaban J connectivity index is 2.08. The first-order valence-electron chi connectivity index (χ1n) is 6.10. The predicted octanol–water partition coefficient (Wildman–Crippen LogP) is 1.56. The molecule has 0 bridgehead atoms. The first-order valence-corrected chi connectivity index (χ1v) is 6.10. The first kappa shape index (κ1) is 12.9. The van der Waals surface area contributed by atoms with Crippen molar-refractivity contribution in [2.75, 3.05) is 11.1 Å². The van der Waals surface area contributed by atoms with E-state index in [0.29, 0.717) is 18.7 Å². The van der Waals surface area contributed by atoms with Crippen molar-refractivity contribution in [3.05, 3.63) is 35.9 Å². The normalized spacial score (nSPS) is 10.1. The molecule has 0 saturated carbocycles. The van der Waals surface area contributed by atoms with Gasteiger partial charge in [-0.25, -0.2) is 0 Å². The molecule has 19 heavy (non-hydrogen) atoms. The van der Waals surface area contributed by atoms with Crippen LogP contribution in [0.5, 0.6) is 0 Å². The topological polar surface area (TPSA) is 92.6 Å². The van der Waals surface area contributed by atoms with E-state index in [4.69, 9.17) is 11.0 Å². The Bertz CT molecular complexity index is 595. The molecule has 0 aliphatic rings. The van der Waals surface area contributed by atoms with Gasteiger partial charge in [-0.3, -0.25) is 0 Å². The summed E-state index contributed by atoms with van der Waals surface area (Å²) in [5.74, 6) is 0.876. The van der Waals surface area contributed by atoms with E-state index in [1.54, 1.807) is 12.4 Å². The Morgan fingerprint density at radius 2 is 2.32 bits per heavy atom. The SMILES string of the molecule is CCn1cnnc1CNc1ccc(N)c(CC#N)c1. The number of nitrogens with zero attached hydrogens (tertiary/aromatic N) is 4. The first-order chi connectivity index (χ1) is 9.24.